The molecule has 6 nitrogen and oxygen atoms in total. The van der Waals surface area contributed by atoms with Crippen molar-refractivity contribution in [2.75, 3.05) is 0 Å². The Balaban J connectivity index is 0.000000111. The second kappa shape index (κ2) is 32.7. The zero-order valence-corrected chi connectivity index (χ0v) is 71.1. The van der Waals surface area contributed by atoms with Crippen LogP contribution in [-0.2, 0) is 5.41 Å². The van der Waals surface area contributed by atoms with Crippen molar-refractivity contribution in [3.63, 3.8) is 0 Å². The number of hydrogen-bond donors (Lipinski definition) is 0. The summed E-state index contributed by atoms with van der Waals surface area (Å²) in [5, 5.41) is 16.1. The fourth-order valence-electron chi connectivity index (χ4n) is 18.7. The molecule has 604 valence electrons. The molecule has 3 aromatic heterocycles. The summed E-state index contributed by atoms with van der Waals surface area (Å²) in [4.78, 5) is 30.8. The molecule has 0 saturated heterocycles. The van der Waals surface area contributed by atoms with Gasteiger partial charge < -0.3 is 0 Å². The minimum Gasteiger partial charge on any atom is -0.244 e. The van der Waals surface area contributed by atoms with Crippen LogP contribution in [0.4, 0.5) is 0 Å². The van der Waals surface area contributed by atoms with Crippen LogP contribution in [0, 0.1) is 0 Å². The van der Waals surface area contributed by atoms with Gasteiger partial charge in [-0.05, 0) is 221 Å². The van der Waals surface area contributed by atoms with Crippen LogP contribution in [0.25, 0.3) is 232 Å². The number of para-hydroxylation sites is 5. The van der Waals surface area contributed by atoms with E-state index in [9.17, 15) is 0 Å². The van der Waals surface area contributed by atoms with E-state index >= 15 is 0 Å². The van der Waals surface area contributed by atoms with E-state index in [4.69, 9.17) is 29.9 Å². The van der Waals surface area contributed by atoms with E-state index in [1.54, 1.807) is 0 Å². The van der Waals surface area contributed by atoms with Crippen LogP contribution in [0.1, 0.15) is 25.0 Å². The highest BCUT2D eigenvalue weighted by molar-refractivity contribution is 6.00. The van der Waals surface area contributed by atoms with Crippen molar-refractivity contribution < 1.29 is 0 Å². The third kappa shape index (κ3) is 14.9. The molecule has 25 rings (SSSR count). The Kier molecular flexibility index (Phi) is 19.5. The number of fused-ring (bicyclic) bond motifs is 12. The fraction of sp³-hybridized carbons (Fsp3) is 0.0244. The van der Waals surface area contributed by atoms with Gasteiger partial charge in [-0.2, -0.15) is 0 Å². The van der Waals surface area contributed by atoms with Gasteiger partial charge in [-0.25, -0.2) is 29.9 Å². The predicted octanol–water partition coefficient (Wildman–Crippen LogP) is 32.5. The summed E-state index contributed by atoms with van der Waals surface area (Å²) >= 11 is 0. The first-order valence-corrected chi connectivity index (χ1v) is 44.1. The van der Waals surface area contributed by atoms with E-state index in [0.717, 1.165) is 101 Å². The molecule has 0 radical (unpaired) electrons. The second-order valence-corrected chi connectivity index (χ2v) is 34.1. The SMILES string of the molecule is CC1(C)c2cc(-c3nc4ccccc4nc3-c3ccc(-c4ccc5ccccc5c4)cc3)ccc2-c2cc3ccccc3cc21.c1ccc2cc(-c3ccc(-c4nc(-c5ccc(-c6ccc7ccccc7c6)cc5)c5ccccc5n4)cc3)ccc2c1.c1ccc2cc(-c3ccc(-c4nc5ccccc5nc4-c4ccc(-c5ccc6ccccc6c5)cc4)cc3)ccc2c1. The summed E-state index contributed by atoms with van der Waals surface area (Å²) < 4.78 is 0. The first-order valence-electron chi connectivity index (χ1n) is 44.1. The molecule has 0 unspecified atom stereocenters. The molecule has 24 aromatic rings. The van der Waals surface area contributed by atoms with E-state index in [-0.39, 0.29) is 5.41 Å². The van der Waals surface area contributed by atoms with Gasteiger partial charge in [0.25, 0.3) is 0 Å². The molecule has 0 aliphatic heterocycles. The number of rotatable bonds is 11. The van der Waals surface area contributed by atoms with Crippen molar-refractivity contribution in [1.29, 1.82) is 0 Å². The molecule has 0 saturated carbocycles. The lowest BCUT2D eigenvalue weighted by Crippen LogP contribution is -2.15. The van der Waals surface area contributed by atoms with Crippen LogP contribution >= 0.6 is 0 Å². The average molecular weight is 1640 g/mol. The number of benzene rings is 21. The zero-order chi connectivity index (χ0) is 85.9. The summed E-state index contributed by atoms with van der Waals surface area (Å²) in [6, 6.07) is 164. The van der Waals surface area contributed by atoms with Gasteiger partial charge in [0.05, 0.1) is 56.1 Å². The Morgan fingerprint density at radius 2 is 0.388 bits per heavy atom. The highest BCUT2D eigenvalue weighted by Crippen LogP contribution is 2.52. The number of hydrogen-bond acceptors (Lipinski definition) is 6. The van der Waals surface area contributed by atoms with Gasteiger partial charge in [0, 0.05) is 44.2 Å². The summed E-state index contributed by atoms with van der Waals surface area (Å²) in [7, 11) is 0. The smallest absolute Gasteiger partial charge is 0.160 e. The van der Waals surface area contributed by atoms with Crippen LogP contribution < -0.4 is 0 Å². The first kappa shape index (κ1) is 77.0. The fourth-order valence-corrected chi connectivity index (χ4v) is 18.7. The predicted molar refractivity (Wildman–Crippen MR) is 541 cm³/mol. The lowest BCUT2D eigenvalue weighted by molar-refractivity contribution is 0.661. The Morgan fingerprint density at radius 1 is 0.147 bits per heavy atom. The molecule has 1 aliphatic rings. The molecule has 129 heavy (non-hydrogen) atoms. The number of aromatic nitrogens is 6. The maximum Gasteiger partial charge on any atom is 0.160 e. The van der Waals surface area contributed by atoms with E-state index < -0.39 is 0 Å². The summed E-state index contributed by atoms with van der Waals surface area (Å²) in [6.45, 7) is 4.68. The molecule has 1 aliphatic carbocycles. The van der Waals surface area contributed by atoms with Crippen molar-refractivity contribution >= 4 is 97.6 Å². The Bertz CT molecular complexity index is 8330. The van der Waals surface area contributed by atoms with Crippen LogP contribution in [0.3, 0.4) is 0 Å². The molecule has 0 bridgehead atoms. The topological polar surface area (TPSA) is 77.3 Å². The van der Waals surface area contributed by atoms with Gasteiger partial charge in [0.1, 0.15) is 0 Å². The monoisotopic (exact) mass is 1640 g/mol. The summed E-state index contributed by atoms with van der Waals surface area (Å²) in [5.41, 5.74) is 32.5. The van der Waals surface area contributed by atoms with Crippen molar-refractivity contribution in [1.82, 2.24) is 29.9 Å². The molecule has 0 atom stereocenters. The third-order valence-electron chi connectivity index (χ3n) is 25.8. The highest BCUT2D eigenvalue weighted by atomic mass is 14.9. The van der Waals surface area contributed by atoms with Crippen molar-refractivity contribution in [3.8, 4) is 134 Å². The summed E-state index contributed by atoms with van der Waals surface area (Å²) in [6.07, 6.45) is 0. The lowest BCUT2D eigenvalue weighted by Gasteiger charge is -2.22. The third-order valence-corrected chi connectivity index (χ3v) is 25.8. The maximum absolute atomic E-state index is 5.24. The Hall–Kier alpha value is -16.8. The normalized spacial score (nSPS) is 12.0. The van der Waals surface area contributed by atoms with Crippen LogP contribution in [-0.4, -0.2) is 29.9 Å². The van der Waals surface area contributed by atoms with Crippen LogP contribution in [0.5, 0.6) is 0 Å². The second-order valence-electron chi connectivity index (χ2n) is 34.1. The van der Waals surface area contributed by atoms with Crippen LogP contribution in [0.15, 0.2) is 461 Å². The molecular weight excluding hydrogens is 1560 g/mol. The standard InChI is InChI=1S/C43H30N2.2C40H26N2/c1-43(2)37-26-34(21-22-35(37)36-24-31-11-5-6-12-32(31)25-38(36)43)42-41(44-39-13-7-8-14-40(39)45-42)29-18-15-28(16-19-29)33-20-17-27-9-3-4-10-30(27)23-33;1-3-9-33-25-35(23-17-27(33)7-1)29-13-19-31(20-14-29)39-40(42-38-12-6-5-11-37(38)41-39)32-21-15-30(16-22-32)36-24-18-28-8-2-4-10-34(28)26-36;1-3-9-33-25-35(23-17-27(33)7-1)29-13-19-31(20-14-29)39-37-11-5-6-12-38(37)41-40(42-39)32-21-15-30(16-22-32)36-24-18-28-8-2-4-10-34(28)26-36/h3-26H,1-2H3;2*1-26H. The van der Waals surface area contributed by atoms with E-state index in [0.29, 0.717) is 0 Å². The minimum absolute atomic E-state index is 0.128. The Labute approximate surface area is 748 Å². The van der Waals surface area contributed by atoms with E-state index in [1.807, 2.05) is 48.5 Å². The maximum atomic E-state index is 5.24. The van der Waals surface area contributed by atoms with Crippen LogP contribution in [0.2, 0.25) is 0 Å². The molecule has 0 fully saturated rings. The molecule has 0 spiro atoms. The van der Waals surface area contributed by atoms with Crippen molar-refractivity contribution in [2.45, 2.75) is 19.3 Å². The van der Waals surface area contributed by atoms with Gasteiger partial charge >= 0.3 is 0 Å². The van der Waals surface area contributed by atoms with E-state index in [1.165, 1.54) is 143 Å². The van der Waals surface area contributed by atoms with Gasteiger partial charge in [-0.3, -0.25) is 0 Å². The van der Waals surface area contributed by atoms with Gasteiger partial charge in [0.15, 0.2) is 5.82 Å². The van der Waals surface area contributed by atoms with Crippen molar-refractivity contribution in [2.24, 2.45) is 0 Å². The summed E-state index contributed by atoms with van der Waals surface area (Å²) in [5.74, 6) is 0.729. The highest BCUT2D eigenvalue weighted by Gasteiger charge is 2.36. The quantitative estimate of drug-likeness (QED) is 0.128. The van der Waals surface area contributed by atoms with E-state index in [2.05, 4.69) is 426 Å². The van der Waals surface area contributed by atoms with Gasteiger partial charge in [0.2, 0.25) is 0 Å². The zero-order valence-electron chi connectivity index (χ0n) is 71.1. The molecular formula is C123H82N6. The molecule has 0 N–H and O–H groups in total. The van der Waals surface area contributed by atoms with Gasteiger partial charge in [-0.15, -0.1) is 0 Å². The molecule has 21 aromatic carbocycles. The lowest BCUT2D eigenvalue weighted by atomic mass is 9.81. The van der Waals surface area contributed by atoms with Crippen molar-refractivity contribution in [3.05, 3.63) is 472 Å². The van der Waals surface area contributed by atoms with Gasteiger partial charge in [-0.1, -0.05) is 396 Å². The average Bonchev–Trinajstić information content (AvgIpc) is 1.56. The number of nitrogens with zero attached hydrogens (tertiary/aromatic N) is 6. The largest absolute Gasteiger partial charge is 0.244 e. The first-order chi connectivity index (χ1) is 63.6. The Morgan fingerprint density at radius 3 is 0.729 bits per heavy atom. The molecule has 0 amide bonds. The molecule has 6 heteroatoms. The molecule has 3 heterocycles. The minimum atomic E-state index is -0.128.